The zero-order valence-corrected chi connectivity index (χ0v) is 10.7. The van der Waals surface area contributed by atoms with Crippen LogP contribution in [-0.2, 0) is 4.74 Å². The number of rotatable bonds is 4. The first-order chi connectivity index (χ1) is 8.70. The topological polar surface area (TPSA) is 64.3 Å². The van der Waals surface area contributed by atoms with Gasteiger partial charge in [0.05, 0.1) is 24.0 Å². The minimum Gasteiger partial charge on any atom is -0.465 e. The molecule has 0 amide bonds. The van der Waals surface area contributed by atoms with E-state index >= 15 is 0 Å². The summed E-state index contributed by atoms with van der Waals surface area (Å²) in [6, 6.07) is 5.23. The molecule has 1 aliphatic rings. The molecule has 0 bridgehead atoms. The smallest absolute Gasteiger partial charge is 0.337 e. The molecule has 18 heavy (non-hydrogen) atoms. The molecule has 98 valence electrons. The molecule has 0 aliphatic heterocycles. The van der Waals surface area contributed by atoms with Gasteiger partial charge in [-0.3, -0.25) is 0 Å². The number of carbonyl (C=O) groups excluding carboxylic acids is 1. The summed E-state index contributed by atoms with van der Waals surface area (Å²) in [5.41, 5.74) is 7.91. The first-order valence-electron chi connectivity index (χ1n) is 6.42. The molecule has 2 rings (SSSR count). The van der Waals surface area contributed by atoms with Gasteiger partial charge in [0.2, 0.25) is 0 Å². The molecule has 1 fully saturated rings. The standard InChI is InChI=1S/C14H20N2O2/c1-18-14(17)11-6-7-13(12(15)8-11)16-9-10-4-2-3-5-10/h6-8,10,16H,2-5,9,15H2,1H3. The zero-order chi connectivity index (χ0) is 13.0. The van der Waals surface area contributed by atoms with Crippen molar-refractivity contribution in [1.29, 1.82) is 0 Å². The number of benzene rings is 1. The van der Waals surface area contributed by atoms with E-state index in [0.29, 0.717) is 11.3 Å². The van der Waals surface area contributed by atoms with Crippen molar-refractivity contribution in [3.8, 4) is 0 Å². The maximum absolute atomic E-state index is 11.3. The summed E-state index contributed by atoms with van der Waals surface area (Å²) in [5, 5.41) is 3.36. The third-order valence-electron chi connectivity index (χ3n) is 3.53. The van der Waals surface area contributed by atoms with Crippen LogP contribution in [0.1, 0.15) is 36.0 Å². The molecule has 1 aliphatic carbocycles. The van der Waals surface area contributed by atoms with Crippen molar-refractivity contribution in [2.45, 2.75) is 25.7 Å². The van der Waals surface area contributed by atoms with Crippen molar-refractivity contribution >= 4 is 17.3 Å². The Balaban J connectivity index is 1.98. The molecule has 4 heteroatoms. The quantitative estimate of drug-likeness (QED) is 0.635. The molecule has 0 unspecified atom stereocenters. The van der Waals surface area contributed by atoms with E-state index in [9.17, 15) is 4.79 Å². The van der Waals surface area contributed by atoms with Gasteiger partial charge in [0.15, 0.2) is 0 Å². The number of hydrogen-bond donors (Lipinski definition) is 2. The Bertz CT molecular complexity index is 426. The fourth-order valence-corrected chi connectivity index (χ4v) is 2.44. The minimum absolute atomic E-state index is 0.357. The van der Waals surface area contributed by atoms with Crippen LogP contribution >= 0.6 is 0 Å². The van der Waals surface area contributed by atoms with Crippen LogP contribution in [-0.4, -0.2) is 19.6 Å². The number of nitrogens with one attached hydrogen (secondary N) is 1. The van der Waals surface area contributed by atoms with E-state index in [2.05, 4.69) is 10.1 Å². The fraction of sp³-hybridized carbons (Fsp3) is 0.500. The Morgan fingerprint density at radius 3 is 2.78 bits per heavy atom. The van der Waals surface area contributed by atoms with Gasteiger partial charge in [-0.25, -0.2) is 4.79 Å². The third-order valence-corrected chi connectivity index (χ3v) is 3.53. The molecule has 0 saturated heterocycles. The molecule has 0 heterocycles. The second kappa shape index (κ2) is 5.76. The summed E-state index contributed by atoms with van der Waals surface area (Å²) >= 11 is 0. The summed E-state index contributed by atoms with van der Waals surface area (Å²) < 4.78 is 4.66. The van der Waals surface area contributed by atoms with E-state index in [0.717, 1.165) is 18.2 Å². The third kappa shape index (κ3) is 2.94. The van der Waals surface area contributed by atoms with Gasteiger partial charge in [0.25, 0.3) is 0 Å². The number of methoxy groups -OCH3 is 1. The second-order valence-electron chi connectivity index (χ2n) is 4.82. The average Bonchev–Trinajstić information content (AvgIpc) is 2.89. The number of esters is 1. The molecule has 0 spiro atoms. The Hall–Kier alpha value is -1.71. The highest BCUT2D eigenvalue weighted by atomic mass is 16.5. The monoisotopic (exact) mass is 248 g/mol. The van der Waals surface area contributed by atoms with Gasteiger partial charge >= 0.3 is 5.97 Å². The van der Waals surface area contributed by atoms with E-state index in [1.165, 1.54) is 32.8 Å². The van der Waals surface area contributed by atoms with Crippen LogP contribution < -0.4 is 11.1 Å². The fourth-order valence-electron chi connectivity index (χ4n) is 2.44. The highest BCUT2D eigenvalue weighted by Gasteiger charge is 2.15. The SMILES string of the molecule is COC(=O)c1ccc(NCC2CCCC2)c(N)c1. The van der Waals surface area contributed by atoms with Gasteiger partial charge in [-0.1, -0.05) is 12.8 Å². The van der Waals surface area contributed by atoms with Crippen LogP contribution in [0.3, 0.4) is 0 Å². The largest absolute Gasteiger partial charge is 0.465 e. The summed E-state index contributed by atoms with van der Waals surface area (Å²) in [6.07, 6.45) is 5.27. The van der Waals surface area contributed by atoms with E-state index in [4.69, 9.17) is 5.73 Å². The van der Waals surface area contributed by atoms with Crippen LogP contribution in [0.15, 0.2) is 18.2 Å². The van der Waals surface area contributed by atoms with Gasteiger partial charge in [-0.15, -0.1) is 0 Å². The van der Waals surface area contributed by atoms with Gasteiger partial charge < -0.3 is 15.8 Å². The van der Waals surface area contributed by atoms with Crippen molar-refractivity contribution in [1.82, 2.24) is 0 Å². The first-order valence-corrected chi connectivity index (χ1v) is 6.42. The average molecular weight is 248 g/mol. The zero-order valence-electron chi connectivity index (χ0n) is 10.7. The highest BCUT2D eigenvalue weighted by Crippen LogP contribution is 2.26. The van der Waals surface area contributed by atoms with E-state index in [1.807, 2.05) is 6.07 Å². The lowest BCUT2D eigenvalue weighted by Gasteiger charge is -2.14. The first kappa shape index (κ1) is 12.7. The van der Waals surface area contributed by atoms with Gasteiger partial charge in [-0.05, 0) is 37.0 Å². The summed E-state index contributed by atoms with van der Waals surface area (Å²) in [6.45, 7) is 0.960. The van der Waals surface area contributed by atoms with Crippen molar-refractivity contribution in [2.24, 2.45) is 5.92 Å². The lowest BCUT2D eigenvalue weighted by molar-refractivity contribution is 0.0601. The number of ether oxygens (including phenoxy) is 1. The molecular formula is C14H20N2O2. The Kier molecular flexibility index (Phi) is 4.07. The Morgan fingerprint density at radius 1 is 1.44 bits per heavy atom. The van der Waals surface area contributed by atoms with Crippen LogP contribution in [0.4, 0.5) is 11.4 Å². The van der Waals surface area contributed by atoms with Crippen molar-refractivity contribution in [2.75, 3.05) is 24.7 Å². The summed E-state index contributed by atoms with van der Waals surface area (Å²) in [4.78, 5) is 11.3. The number of nitrogens with two attached hydrogens (primary N) is 1. The predicted molar refractivity (Wildman–Crippen MR) is 72.6 cm³/mol. The number of anilines is 2. The van der Waals surface area contributed by atoms with E-state index in [-0.39, 0.29) is 5.97 Å². The molecule has 4 nitrogen and oxygen atoms in total. The number of nitrogen functional groups attached to an aromatic ring is 1. The van der Waals surface area contributed by atoms with Crippen molar-refractivity contribution < 1.29 is 9.53 Å². The highest BCUT2D eigenvalue weighted by molar-refractivity contribution is 5.91. The normalized spacial score (nSPS) is 15.6. The van der Waals surface area contributed by atoms with Gasteiger partial charge in [0.1, 0.15) is 0 Å². The molecule has 1 saturated carbocycles. The van der Waals surface area contributed by atoms with E-state index in [1.54, 1.807) is 12.1 Å². The second-order valence-corrected chi connectivity index (χ2v) is 4.82. The predicted octanol–water partition coefficient (Wildman–Crippen LogP) is 2.66. The van der Waals surface area contributed by atoms with Crippen LogP contribution in [0, 0.1) is 5.92 Å². The Morgan fingerprint density at radius 2 is 2.17 bits per heavy atom. The molecule has 3 N–H and O–H groups in total. The van der Waals surface area contributed by atoms with Crippen molar-refractivity contribution in [3.63, 3.8) is 0 Å². The lowest BCUT2D eigenvalue weighted by atomic mass is 10.1. The Labute approximate surface area is 108 Å². The molecule has 0 radical (unpaired) electrons. The van der Waals surface area contributed by atoms with E-state index < -0.39 is 0 Å². The van der Waals surface area contributed by atoms with Gasteiger partial charge in [-0.2, -0.15) is 0 Å². The maximum atomic E-state index is 11.3. The molecule has 0 aromatic heterocycles. The molecule has 1 aromatic rings. The molecular weight excluding hydrogens is 228 g/mol. The maximum Gasteiger partial charge on any atom is 0.337 e. The van der Waals surface area contributed by atoms with Crippen LogP contribution in [0.25, 0.3) is 0 Å². The van der Waals surface area contributed by atoms with Crippen LogP contribution in [0.5, 0.6) is 0 Å². The van der Waals surface area contributed by atoms with Gasteiger partial charge in [0, 0.05) is 6.54 Å². The number of carbonyl (C=O) groups is 1. The molecule has 0 atom stereocenters. The minimum atomic E-state index is -0.357. The van der Waals surface area contributed by atoms with Crippen molar-refractivity contribution in [3.05, 3.63) is 23.8 Å². The summed E-state index contributed by atoms with van der Waals surface area (Å²) in [7, 11) is 1.37. The number of hydrogen-bond acceptors (Lipinski definition) is 4. The lowest BCUT2D eigenvalue weighted by Crippen LogP contribution is -2.12. The summed E-state index contributed by atoms with van der Waals surface area (Å²) in [5.74, 6) is 0.397. The van der Waals surface area contributed by atoms with Crippen LogP contribution in [0.2, 0.25) is 0 Å². The molecule has 1 aromatic carbocycles.